The summed E-state index contributed by atoms with van der Waals surface area (Å²) >= 11 is 0. The Balaban J connectivity index is 2.26. The molecule has 1 aliphatic rings. The molecule has 12 heavy (non-hydrogen) atoms. The van der Waals surface area contributed by atoms with Crippen molar-refractivity contribution >= 4 is 0 Å². The maximum absolute atomic E-state index is 2.40. The van der Waals surface area contributed by atoms with Gasteiger partial charge in [-0.3, -0.25) is 0 Å². The Morgan fingerprint density at radius 3 is 2.00 bits per heavy atom. The number of fused-ring (bicyclic) bond motifs is 1. The molecule has 0 spiro atoms. The normalized spacial score (nSPS) is 18.4. The van der Waals surface area contributed by atoms with Crippen LogP contribution in [0.4, 0.5) is 0 Å². The van der Waals surface area contributed by atoms with Crippen LogP contribution in [-0.4, -0.2) is 25.0 Å². The highest BCUT2D eigenvalue weighted by molar-refractivity contribution is 5.28. The first-order chi connectivity index (χ1) is 5.86. The van der Waals surface area contributed by atoms with Crippen molar-refractivity contribution in [2.24, 2.45) is 0 Å². The van der Waals surface area contributed by atoms with E-state index in [1.807, 2.05) is 0 Å². The van der Waals surface area contributed by atoms with Crippen LogP contribution < -0.4 is 0 Å². The third-order valence-corrected chi connectivity index (χ3v) is 2.64. The highest BCUT2D eigenvalue weighted by Crippen LogP contribution is 2.14. The molecule has 0 saturated heterocycles. The molecule has 0 atom stereocenters. The molecule has 1 nitrogen and oxygen atoms in total. The van der Waals surface area contributed by atoms with Crippen LogP contribution in [-0.2, 0) is 12.8 Å². The summed E-state index contributed by atoms with van der Waals surface area (Å²) in [4.78, 5) is 2.40. The number of hydrogen-bond acceptors (Lipinski definition) is 1. The minimum Gasteiger partial charge on any atom is -0.306 e. The molecule has 0 aliphatic carbocycles. The van der Waals surface area contributed by atoms with Crippen LogP contribution in [0.5, 0.6) is 0 Å². The van der Waals surface area contributed by atoms with Gasteiger partial charge in [0, 0.05) is 13.1 Å². The summed E-state index contributed by atoms with van der Waals surface area (Å²) in [6, 6.07) is 8.80. The number of nitrogens with zero attached hydrogens (tertiary/aromatic N) is 1. The molecule has 1 heterocycles. The van der Waals surface area contributed by atoms with E-state index in [0.717, 1.165) is 0 Å². The van der Waals surface area contributed by atoms with Crippen LogP contribution in [0.3, 0.4) is 0 Å². The zero-order valence-corrected chi connectivity index (χ0v) is 7.59. The number of hydrogen-bond donors (Lipinski definition) is 0. The number of likely N-dealkylation sites (N-methyl/N-ethyl adjacent to an activating group) is 1. The molecule has 2 rings (SSSR count). The summed E-state index contributed by atoms with van der Waals surface area (Å²) in [7, 11) is 2.20. The Labute approximate surface area is 74.0 Å². The monoisotopic (exact) mass is 161 g/mol. The Morgan fingerprint density at radius 1 is 1.00 bits per heavy atom. The molecule has 0 saturated carbocycles. The number of rotatable bonds is 0. The average Bonchev–Trinajstić information content (AvgIpc) is 2.29. The quantitative estimate of drug-likeness (QED) is 0.560. The van der Waals surface area contributed by atoms with Gasteiger partial charge in [0.15, 0.2) is 0 Å². The molecule has 0 radical (unpaired) electrons. The molecule has 0 unspecified atom stereocenters. The third-order valence-electron chi connectivity index (χ3n) is 2.64. The second-order valence-corrected chi connectivity index (χ2v) is 3.57. The first-order valence-corrected chi connectivity index (χ1v) is 4.61. The van der Waals surface area contributed by atoms with Crippen molar-refractivity contribution in [2.75, 3.05) is 20.1 Å². The molecule has 0 amide bonds. The van der Waals surface area contributed by atoms with Crippen LogP contribution >= 0.6 is 0 Å². The standard InChI is InChI=1S/C11H15N/c1-12-8-6-10-4-2-3-5-11(10)7-9-12/h2-5H,6-9H2,1H3. The number of benzene rings is 1. The smallest absolute Gasteiger partial charge is 0.00190 e. The molecule has 0 N–H and O–H groups in total. The minimum absolute atomic E-state index is 1.21. The molecule has 64 valence electrons. The van der Waals surface area contributed by atoms with Crippen LogP contribution in [0.1, 0.15) is 11.1 Å². The van der Waals surface area contributed by atoms with Gasteiger partial charge >= 0.3 is 0 Å². The highest BCUT2D eigenvalue weighted by Gasteiger charge is 2.08. The molecule has 0 aromatic heterocycles. The Morgan fingerprint density at radius 2 is 1.50 bits per heavy atom. The average molecular weight is 161 g/mol. The van der Waals surface area contributed by atoms with E-state index in [0.29, 0.717) is 0 Å². The molecule has 0 bridgehead atoms. The molecule has 1 aromatic carbocycles. The van der Waals surface area contributed by atoms with Gasteiger partial charge in [0.1, 0.15) is 0 Å². The highest BCUT2D eigenvalue weighted by atomic mass is 15.1. The van der Waals surface area contributed by atoms with Crippen molar-refractivity contribution in [3.05, 3.63) is 35.4 Å². The zero-order valence-electron chi connectivity index (χ0n) is 7.59. The molecule has 1 aromatic rings. The predicted molar refractivity (Wildman–Crippen MR) is 51.3 cm³/mol. The maximum atomic E-state index is 2.40. The first-order valence-electron chi connectivity index (χ1n) is 4.61. The van der Waals surface area contributed by atoms with Crippen LogP contribution in [0.2, 0.25) is 0 Å². The van der Waals surface area contributed by atoms with E-state index in [2.05, 4.69) is 36.2 Å². The van der Waals surface area contributed by atoms with Gasteiger partial charge in [-0.2, -0.15) is 0 Å². The SMILES string of the molecule is CN1CCc2ccccc2CC1. The fourth-order valence-electron chi connectivity index (χ4n) is 1.78. The van der Waals surface area contributed by atoms with Crippen LogP contribution in [0, 0.1) is 0 Å². The van der Waals surface area contributed by atoms with Gasteiger partial charge in [-0.05, 0) is 31.0 Å². The Kier molecular flexibility index (Phi) is 2.13. The van der Waals surface area contributed by atoms with Crippen LogP contribution in [0.25, 0.3) is 0 Å². The molecule has 0 fully saturated rings. The lowest BCUT2D eigenvalue weighted by Gasteiger charge is -2.10. The molecular weight excluding hydrogens is 146 g/mol. The van der Waals surface area contributed by atoms with E-state index in [-0.39, 0.29) is 0 Å². The van der Waals surface area contributed by atoms with E-state index in [9.17, 15) is 0 Å². The molecule has 1 aliphatic heterocycles. The van der Waals surface area contributed by atoms with E-state index < -0.39 is 0 Å². The van der Waals surface area contributed by atoms with Gasteiger partial charge in [-0.15, -0.1) is 0 Å². The topological polar surface area (TPSA) is 3.24 Å². The summed E-state index contributed by atoms with van der Waals surface area (Å²) < 4.78 is 0. The van der Waals surface area contributed by atoms with E-state index in [1.165, 1.54) is 25.9 Å². The minimum atomic E-state index is 1.21. The van der Waals surface area contributed by atoms with Gasteiger partial charge in [-0.25, -0.2) is 0 Å². The predicted octanol–water partition coefficient (Wildman–Crippen LogP) is 1.72. The fraction of sp³-hybridized carbons (Fsp3) is 0.455. The van der Waals surface area contributed by atoms with Gasteiger partial charge in [0.05, 0.1) is 0 Å². The summed E-state index contributed by atoms with van der Waals surface area (Å²) in [6.07, 6.45) is 2.43. The summed E-state index contributed by atoms with van der Waals surface area (Å²) in [5.74, 6) is 0. The van der Waals surface area contributed by atoms with Gasteiger partial charge in [-0.1, -0.05) is 24.3 Å². The lowest BCUT2D eigenvalue weighted by atomic mass is 10.0. The van der Waals surface area contributed by atoms with E-state index in [4.69, 9.17) is 0 Å². The summed E-state index contributed by atoms with van der Waals surface area (Å²) in [5, 5.41) is 0. The maximum Gasteiger partial charge on any atom is 0.00190 e. The first kappa shape index (κ1) is 7.81. The Bertz CT molecular complexity index is 240. The van der Waals surface area contributed by atoms with Gasteiger partial charge in [0.2, 0.25) is 0 Å². The van der Waals surface area contributed by atoms with Crippen LogP contribution in [0.15, 0.2) is 24.3 Å². The second-order valence-electron chi connectivity index (χ2n) is 3.57. The van der Waals surface area contributed by atoms with E-state index >= 15 is 0 Å². The lowest BCUT2D eigenvalue weighted by Crippen LogP contribution is -2.20. The fourth-order valence-corrected chi connectivity index (χ4v) is 1.78. The molecule has 1 heteroatoms. The zero-order chi connectivity index (χ0) is 8.39. The summed E-state index contributed by atoms with van der Waals surface area (Å²) in [5.41, 5.74) is 3.09. The van der Waals surface area contributed by atoms with E-state index in [1.54, 1.807) is 11.1 Å². The van der Waals surface area contributed by atoms with Gasteiger partial charge < -0.3 is 4.90 Å². The second kappa shape index (κ2) is 3.28. The van der Waals surface area contributed by atoms with Crippen molar-refractivity contribution in [3.63, 3.8) is 0 Å². The van der Waals surface area contributed by atoms with Crippen molar-refractivity contribution in [1.29, 1.82) is 0 Å². The van der Waals surface area contributed by atoms with Crippen molar-refractivity contribution in [1.82, 2.24) is 4.90 Å². The van der Waals surface area contributed by atoms with Crippen molar-refractivity contribution < 1.29 is 0 Å². The third kappa shape index (κ3) is 1.51. The van der Waals surface area contributed by atoms with Crippen molar-refractivity contribution in [2.45, 2.75) is 12.8 Å². The summed E-state index contributed by atoms with van der Waals surface area (Å²) in [6.45, 7) is 2.41. The molecular formula is C11H15N. The largest absolute Gasteiger partial charge is 0.306 e. The Hall–Kier alpha value is -0.820. The van der Waals surface area contributed by atoms with Gasteiger partial charge in [0.25, 0.3) is 0 Å². The van der Waals surface area contributed by atoms with Crippen molar-refractivity contribution in [3.8, 4) is 0 Å². The lowest BCUT2D eigenvalue weighted by molar-refractivity contribution is 0.352.